The summed E-state index contributed by atoms with van der Waals surface area (Å²) in [4.78, 5) is 16.6. The van der Waals surface area contributed by atoms with E-state index in [0.717, 1.165) is 16.3 Å². The minimum atomic E-state index is -0.655. The second-order valence-corrected chi connectivity index (χ2v) is 6.36. The van der Waals surface area contributed by atoms with Crippen LogP contribution >= 0.6 is 0 Å². The Morgan fingerprint density at radius 3 is 2.61 bits per heavy atom. The van der Waals surface area contributed by atoms with Crippen molar-refractivity contribution in [3.05, 3.63) is 78.7 Å². The Morgan fingerprint density at radius 2 is 1.79 bits per heavy atom. The van der Waals surface area contributed by atoms with Gasteiger partial charge in [-0.2, -0.15) is 4.98 Å². The van der Waals surface area contributed by atoms with Crippen molar-refractivity contribution in [3.63, 3.8) is 0 Å². The van der Waals surface area contributed by atoms with Crippen LogP contribution in [0, 0.1) is 0 Å². The Morgan fingerprint density at radius 1 is 1.04 bits per heavy atom. The number of carbonyl (C=O) groups excluding carboxylic acids is 1. The van der Waals surface area contributed by atoms with Crippen LogP contribution in [-0.4, -0.2) is 22.2 Å². The Labute approximate surface area is 162 Å². The molecule has 1 aromatic heterocycles. The van der Waals surface area contributed by atoms with Gasteiger partial charge in [0.05, 0.1) is 6.54 Å². The summed E-state index contributed by atoms with van der Waals surface area (Å²) >= 11 is 0. The predicted octanol–water partition coefficient (Wildman–Crippen LogP) is 3.97. The molecule has 0 aliphatic carbocycles. The SMILES string of the molecule is C[C@H](Oc1ccc2ccccc2c1)C(=O)NCc1nc(-c2ccccc2)no1. The van der Waals surface area contributed by atoms with E-state index in [2.05, 4.69) is 15.5 Å². The fraction of sp³-hybridized carbons (Fsp3) is 0.136. The molecule has 6 nitrogen and oxygen atoms in total. The molecule has 140 valence electrons. The van der Waals surface area contributed by atoms with Crippen molar-refractivity contribution in [1.82, 2.24) is 15.5 Å². The Hall–Kier alpha value is -3.67. The van der Waals surface area contributed by atoms with Gasteiger partial charge in [-0.15, -0.1) is 0 Å². The highest BCUT2D eigenvalue weighted by Gasteiger charge is 2.16. The second-order valence-electron chi connectivity index (χ2n) is 6.36. The van der Waals surface area contributed by atoms with Crippen molar-refractivity contribution in [1.29, 1.82) is 0 Å². The van der Waals surface area contributed by atoms with E-state index in [1.54, 1.807) is 6.92 Å². The van der Waals surface area contributed by atoms with Crippen LogP contribution in [0.2, 0.25) is 0 Å². The van der Waals surface area contributed by atoms with Crippen molar-refractivity contribution < 1.29 is 14.1 Å². The molecule has 0 saturated heterocycles. The molecule has 0 unspecified atom stereocenters. The zero-order valence-electron chi connectivity index (χ0n) is 15.3. The van der Waals surface area contributed by atoms with Crippen LogP contribution in [0.3, 0.4) is 0 Å². The highest BCUT2D eigenvalue weighted by atomic mass is 16.5. The van der Waals surface area contributed by atoms with Gasteiger partial charge in [0.1, 0.15) is 5.75 Å². The standard InChI is InChI=1S/C22H19N3O3/c1-15(27-19-12-11-16-7-5-6-10-18(16)13-19)22(26)23-14-20-24-21(25-28-20)17-8-3-2-4-9-17/h2-13,15H,14H2,1H3,(H,23,26)/t15-/m0/s1. The summed E-state index contributed by atoms with van der Waals surface area (Å²) in [5.74, 6) is 1.22. The average molecular weight is 373 g/mol. The van der Waals surface area contributed by atoms with Gasteiger partial charge in [-0.25, -0.2) is 0 Å². The lowest BCUT2D eigenvalue weighted by atomic mass is 10.1. The van der Waals surface area contributed by atoms with E-state index in [-0.39, 0.29) is 12.5 Å². The third-order valence-electron chi connectivity index (χ3n) is 4.32. The van der Waals surface area contributed by atoms with Crippen LogP contribution in [0.25, 0.3) is 22.2 Å². The highest BCUT2D eigenvalue weighted by molar-refractivity contribution is 5.84. The van der Waals surface area contributed by atoms with E-state index in [9.17, 15) is 4.79 Å². The molecule has 0 bridgehead atoms. The average Bonchev–Trinajstić information content (AvgIpc) is 3.21. The first-order valence-corrected chi connectivity index (χ1v) is 9.00. The van der Waals surface area contributed by atoms with Gasteiger partial charge in [0, 0.05) is 5.56 Å². The van der Waals surface area contributed by atoms with Crippen molar-refractivity contribution in [2.24, 2.45) is 0 Å². The molecule has 6 heteroatoms. The lowest BCUT2D eigenvalue weighted by Crippen LogP contribution is -2.35. The maximum absolute atomic E-state index is 12.3. The summed E-state index contributed by atoms with van der Waals surface area (Å²) in [5, 5.41) is 8.88. The summed E-state index contributed by atoms with van der Waals surface area (Å²) in [6.07, 6.45) is -0.655. The molecule has 0 aliphatic heterocycles. The van der Waals surface area contributed by atoms with Gasteiger partial charge in [-0.1, -0.05) is 65.8 Å². The Bertz CT molecular complexity index is 1090. The smallest absolute Gasteiger partial charge is 0.261 e. The molecule has 0 fully saturated rings. The van der Waals surface area contributed by atoms with Crippen LogP contribution in [0.5, 0.6) is 5.75 Å². The molecule has 28 heavy (non-hydrogen) atoms. The number of carbonyl (C=O) groups is 1. The van der Waals surface area contributed by atoms with E-state index in [1.165, 1.54) is 0 Å². The number of rotatable bonds is 6. The number of nitrogens with one attached hydrogen (secondary N) is 1. The van der Waals surface area contributed by atoms with Crippen LogP contribution in [0.1, 0.15) is 12.8 Å². The number of benzene rings is 3. The maximum atomic E-state index is 12.3. The summed E-state index contributed by atoms with van der Waals surface area (Å²) in [6.45, 7) is 1.85. The van der Waals surface area contributed by atoms with Crippen molar-refractivity contribution in [3.8, 4) is 17.1 Å². The van der Waals surface area contributed by atoms with E-state index in [0.29, 0.717) is 17.5 Å². The monoisotopic (exact) mass is 373 g/mol. The van der Waals surface area contributed by atoms with Crippen molar-refractivity contribution >= 4 is 16.7 Å². The number of fused-ring (bicyclic) bond motifs is 1. The van der Waals surface area contributed by atoms with Gasteiger partial charge in [-0.05, 0) is 29.8 Å². The van der Waals surface area contributed by atoms with Crippen molar-refractivity contribution in [2.45, 2.75) is 19.6 Å². The summed E-state index contributed by atoms with van der Waals surface area (Å²) in [6, 6.07) is 23.3. The molecule has 0 saturated carbocycles. The van der Waals surface area contributed by atoms with E-state index >= 15 is 0 Å². The first-order chi connectivity index (χ1) is 13.7. The lowest BCUT2D eigenvalue weighted by molar-refractivity contribution is -0.127. The topological polar surface area (TPSA) is 77.2 Å². The minimum absolute atomic E-state index is 0.143. The molecule has 4 rings (SSSR count). The first-order valence-electron chi connectivity index (χ1n) is 9.00. The van der Waals surface area contributed by atoms with E-state index in [1.807, 2.05) is 72.8 Å². The highest BCUT2D eigenvalue weighted by Crippen LogP contribution is 2.21. The van der Waals surface area contributed by atoms with Crippen LogP contribution in [-0.2, 0) is 11.3 Å². The molecular formula is C22H19N3O3. The zero-order valence-corrected chi connectivity index (χ0v) is 15.3. The molecule has 3 aromatic carbocycles. The second kappa shape index (κ2) is 7.92. The molecule has 4 aromatic rings. The Balaban J connectivity index is 1.35. The van der Waals surface area contributed by atoms with Gasteiger partial charge in [0.2, 0.25) is 11.7 Å². The van der Waals surface area contributed by atoms with Gasteiger partial charge in [0.15, 0.2) is 6.10 Å². The summed E-state index contributed by atoms with van der Waals surface area (Å²) in [5.41, 5.74) is 0.858. The molecule has 1 amide bonds. The fourth-order valence-electron chi connectivity index (χ4n) is 2.84. The molecular weight excluding hydrogens is 354 g/mol. The number of nitrogens with zero attached hydrogens (tertiary/aromatic N) is 2. The van der Waals surface area contributed by atoms with E-state index < -0.39 is 6.10 Å². The number of hydrogen-bond acceptors (Lipinski definition) is 5. The van der Waals surface area contributed by atoms with Gasteiger partial charge in [0.25, 0.3) is 5.91 Å². The molecule has 1 heterocycles. The molecule has 0 spiro atoms. The summed E-state index contributed by atoms with van der Waals surface area (Å²) < 4.78 is 11.0. The summed E-state index contributed by atoms with van der Waals surface area (Å²) in [7, 11) is 0. The van der Waals surface area contributed by atoms with Crippen LogP contribution in [0.4, 0.5) is 0 Å². The van der Waals surface area contributed by atoms with Crippen LogP contribution in [0.15, 0.2) is 77.3 Å². The zero-order chi connectivity index (χ0) is 19.3. The van der Waals surface area contributed by atoms with Gasteiger partial charge >= 0.3 is 0 Å². The normalized spacial score (nSPS) is 11.9. The number of aromatic nitrogens is 2. The van der Waals surface area contributed by atoms with E-state index in [4.69, 9.17) is 9.26 Å². The third kappa shape index (κ3) is 4.01. The lowest BCUT2D eigenvalue weighted by Gasteiger charge is -2.14. The molecule has 1 N–H and O–H groups in total. The van der Waals surface area contributed by atoms with Gasteiger partial charge in [-0.3, -0.25) is 4.79 Å². The first kappa shape index (κ1) is 17.7. The van der Waals surface area contributed by atoms with Gasteiger partial charge < -0.3 is 14.6 Å². The molecule has 0 aliphatic rings. The number of amides is 1. The quantitative estimate of drug-likeness (QED) is 0.553. The Kier molecular flexibility index (Phi) is 5.01. The minimum Gasteiger partial charge on any atom is -0.481 e. The maximum Gasteiger partial charge on any atom is 0.261 e. The number of ether oxygens (including phenoxy) is 1. The predicted molar refractivity (Wildman–Crippen MR) is 106 cm³/mol. The largest absolute Gasteiger partial charge is 0.481 e. The van der Waals surface area contributed by atoms with Crippen LogP contribution < -0.4 is 10.1 Å². The van der Waals surface area contributed by atoms with Crippen molar-refractivity contribution in [2.75, 3.05) is 0 Å². The fourth-order valence-corrected chi connectivity index (χ4v) is 2.84. The third-order valence-corrected chi connectivity index (χ3v) is 4.32. The molecule has 0 radical (unpaired) electrons. The number of hydrogen-bond donors (Lipinski definition) is 1. The molecule has 1 atom stereocenters.